The van der Waals surface area contributed by atoms with Crippen LogP contribution >= 0.6 is 0 Å². The maximum absolute atomic E-state index is 12.6. The van der Waals surface area contributed by atoms with Gasteiger partial charge in [0.2, 0.25) is 0 Å². The van der Waals surface area contributed by atoms with Crippen molar-refractivity contribution in [3.05, 3.63) is 83.3 Å². The highest BCUT2D eigenvalue weighted by atomic mass is 16.1. The van der Waals surface area contributed by atoms with Gasteiger partial charge < -0.3 is 10.6 Å². The number of aromatic nitrogens is 2. The first-order valence-electron chi connectivity index (χ1n) is 8.57. The van der Waals surface area contributed by atoms with E-state index in [-0.39, 0.29) is 11.9 Å². The number of aryl methyl sites for hydroxylation is 2. The Balaban J connectivity index is 1.79. The molecule has 3 rings (SSSR count). The SMILES string of the molecule is Cc1nc(NC(C)c2ccccc2)cc(C(=O)Nc2ccccc2C)n1. The van der Waals surface area contributed by atoms with E-state index in [9.17, 15) is 4.79 Å². The summed E-state index contributed by atoms with van der Waals surface area (Å²) >= 11 is 0. The molecule has 0 spiro atoms. The molecule has 0 aliphatic carbocycles. The van der Waals surface area contributed by atoms with Gasteiger partial charge in [0.05, 0.1) is 0 Å². The summed E-state index contributed by atoms with van der Waals surface area (Å²) in [5.74, 6) is 0.925. The summed E-state index contributed by atoms with van der Waals surface area (Å²) < 4.78 is 0. The van der Waals surface area contributed by atoms with Crippen molar-refractivity contribution in [3.63, 3.8) is 0 Å². The van der Waals surface area contributed by atoms with Gasteiger partial charge in [-0.25, -0.2) is 9.97 Å². The van der Waals surface area contributed by atoms with E-state index < -0.39 is 0 Å². The Hall–Kier alpha value is -3.21. The summed E-state index contributed by atoms with van der Waals surface area (Å²) in [5.41, 5.74) is 3.27. The zero-order chi connectivity index (χ0) is 18.5. The Morgan fingerprint density at radius 1 is 0.962 bits per heavy atom. The van der Waals surface area contributed by atoms with Crippen molar-refractivity contribution in [1.82, 2.24) is 9.97 Å². The van der Waals surface area contributed by atoms with E-state index in [1.165, 1.54) is 0 Å². The molecule has 2 N–H and O–H groups in total. The lowest BCUT2D eigenvalue weighted by molar-refractivity contribution is 0.102. The van der Waals surface area contributed by atoms with Crippen LogP contribution < -0.4 is 10.6 Å². The lowest BCUT2D eigenvalue weighted by Crippen LogP contribution is -2.17. The zero-order valence-electron chi connectivity index (χ0n) is 15.2. The summed E-state index contributed by atoms with van der Waals surface area (Å²) in [6, 6.07) is 19.5. The van der Waals surface area contributed by atoms with Crippen LogP contribution in [-0.4, -0.2) is 15.9 Å². The number of nitrogens with zero attached hydrogens (tertiary/aromatic N) is 2. The van der Waals surface area contributed by atoms with Crippen molar-refractivity contribution in [2.75, 3.05) is 10.6 Å². The Morgan fingerprint density at radius 3 is 2.38 bits per heavy atom. The third-order valence-electron chi connectivity index (χ3n) is 4.13. The van der Waals surface area contributed by atoms with E-state index >= 15 is 0 Å². The van der Waals surface area contributed by atoms with Crippen LogP contribution in [0.1, 0.15) is 40.4 Å². The highest BCUT2D eigenvalue weighted by Crippen LogP contribution is 2.19. The predicted octanol–water partition coefficient (Wildman–Crippen LogP) is 4.52. The van der Waals surface area contributed by atoms with Crippen LogP contribution in [0.4, 0.5) is 11.5 Å². The first-order chi connectivity index (χ1) is 12.5. The summed E-state index contributed by atoms with van der Waals surface area (Å²) in [6.45, 7) is 5.79. The number of rotatable bonds is 5. The minimum Gasteiger partial charge on any atom is -0.363 e. The molecule has 0 radical (unpaired) electrons. The van der Waals surface area contributed by atoms with Crippen LogP contribution in [0.3, 0.4) is 0 Å². The minimum atomic E-state index is -0.250. The molecule has 2 aromatic carbocycles. The Bertz CT molecular complexity index is 909. The molecule has 0 bridgehead atoms. The standard InChI is InChI=1S/C21H22N4O/c1-14-9-7-8-12-18(14)25-21(26)19-13-20(24-16(3)23-19)22-15(2)17-10-5-4-6-11-17/h4-13,15H,1-3H3,(H,25,26)(H,22,23,24). The van der Waals surface area contributed by atoms with Gasteiger partial charge in [0, 0.05) is 17.8 Å². The number of carbonyl (C=O) groups is 1. The Morgan fingerprint density at radius 2 is 1.65 bits per heavy atom. The molecule has 1 heterocycles. The summed E-state index contributed by atoms with van der Waals surface area (Å²) in [4.78, 5) is 21.3. The van der Waals surface area contributed by atoms with Gasteiger partial charge in [0.25, 0.3) is 5.91 Å². The molecule has 1 amide bonds. The summed E-state index contributed by atoms with van der Waals surface area (Å²) in [6.07, 6.45) is 0. The van der Waals surface area contributed by atoms with Gasteiger partial charge in [-0.1, -0.05) is 48.5 Å². The van der Waals surface area contributed by atoms with Crippen molar-refractivity contribution in [2.24, 2.45) is 0 Å². The first-order valence-corrected chi connectivity index (χ1v) is 8.57. The predicted molar refractivity (Wildman–Crippen MR) is 104 cm³/mol. The van der Waals surface area contributed by atoms with Crippen LogP contribution in [-0.2, 0) is 0 Å². The Labute approximate surface area is 153 Å². The van der Waals surface area contributed by atoms with Crippen LogP contribution in [0.5, 0.6) is 0 Å². The second-order valence-corrected chi connectivity index (χ2v) is 6.23. The molecule has 0 saturated heterocycles. The number of benzene rings is 2. The van der Waals surface area contributed by atoms with E-state index in [4.69, 9.17) is 0 Å². The number of hydrogen-bond acceptors (Lipinski definition) is 4. The fourth-order valence-electron chi connectivity index (χ4n) is 2.70. The second-order valence-electron chi connectivity index (χ2n) is 6.23. The molecule has 1 atom stereocenters. The molecule has 0 aliphatic heterocycles. The average molecular weight is 346 g/mol. The van der Waals surface area contributed by atoms with Gasteiger partial charge in [0.15, 0.2) is 0 Å². The van der Waals surface area contributed by atoms with Crippen LogP contribution in [0.2, 0.25) is 0 Å². The van der Waals surface area contributed by atoms with Crippen molar-refractivity contribution in [2.45, 2.75) is 26.8 Å². The molecule has 132 valence electrons. The molecule has 5 heteroatoms. The van der Waals surface area contributed by atoms with Crippen LogP contribution in [0.15, 0.2) is 60.7 Å². The highest BCUT2D eigenvalue weighted by molar-refractivity contribution is 6.03. The fourth-order valence-corrected chi connectivity index (χ4v) is 2.70. The topological polar surface area (TPSA) is 66.9 Å². The normalized spacial score (nSPS) is 11.7. The molecule has 1 aromatic heterocycles. The fraction of sp³-hybridized carbons (Fsp3) is 0.190. The first kappa shape index (κ1) is 17.6. The zero-order valence-corrected chi connectivity index (χ0v) is 15.2. The van der Waals surface area contributed by atoms with Gasteiger partial charge in [-0.2, -0.15) is 0 Å². The second kappa shape index (κ2) is 7.78. The lowest BCUT2D eigenvalue weighted by atomic mass is 10.1. The number of anilines is 2. The third-order valence-corrected chi connectivity index (χ3v) is 4.13. The van der Waals surface area contributed by atoms with Gasteiger partial charge in [-0.15, -0.1) is 0 Å². The Kier molecular flexibility index (Phi) is 5.27. The van der Waals surface area contributed by atoms with Crippen molar-refractivity contribution in [1.29, 1.82) is 0 Å². The summed E-state index contributed by atoms with van der Waals surface area (Å²) in [7, 11) is 0. The van der Waals surface area contributed by atoms with Crippen LogP contribution in [0, 0.1) is 13.8 Å². The van der Waals surface area contributed by atoms with Gasteiger partial charge in [0.1, 0.15) is 17.3 Å². The smallest absolute Gasteiger partial charge is 0.274 e. The minimum absolute atomic E-state index is 0.0674. The maximum atomic E-state index is 12.6. The quantitative estimate of drug-likeness (QED) is 0.713. The molecular weight excluding hydrogens is 324 g/mol. The molecule has 5 nitrogen and oxygen atoms in total. The molecule has 26 heavy (non-hydrogen) atoms. The number of nitrogens with one attached hydrogen (secondary N) is 2. The molecule has 3 aromatic rings. The van der Waals surface area contributed by atoms with Crippen molar-refractivity contribution >= 4 is 17.4 Å². The monoisotopic (exact) mass is 346 g/mol. The number of carbonyl (C=O) groups excluding carboxylic acids is 1. The molecular formula is C21H22N4O. The van der Waals surface area contributed by atoms with Crippen LogP contribution in [0.25, 0.3) is 0 Å². The van der Waals surface area contributed by atoms with Crippen molar-refractivity contribution < 1.29 is 4.79 Å². The van der Waals surface area contributed by atoms with E-state index in [2.05, 4.69) is 39.7 Å². The van der Waals surface area contributed by atoms with E-state index in [0.717, 1.165) is 16.8 Å². The maximum Gasteiger partial charge on any atom is 0.274 e. The molecule has 1 unspecified atom stereocenters. The lowest BCUT2D eigenvalue weighted by Gasteiger charge is -2.16. The van der Waals surface area contributed by atoms with E-state index in [1.807, 2.05) is 49.4 Å². The van der Waals surface area contributed by atoms with E-state index in [0.29, 0.717) is 17.3 Å². The molecule has 0 fully saturated rings. The molecule has 0 saturated carbocycles. The largest absolute Gasteiger partial charge is 0.363 e. The highest BCUT2D eigenvalue weighted by Gasteiger charge is 2.13. The van der Waals surface area contributed by atoms with E-state index in [1.54, 1.807) is 13.0 Å². The van der Waals surface area contributed by atoms with Gasteiger partial charge >= 0.3 is 0 Å². The average Bonchev–Trinajstić information content (AvgIpc) is 2.64. The third kappa shape index (κ3) is 4.25. The van der Waals surface area contributed by atoms with Gasteiger partial charge in [-0.05, 0) is 38.0 Å². The molecule has 0 aliphatic rings. The summed E-state index contributed by atoms with van der Waals surface area (Å²) in [5, 5.41) is 6.25. The van der Waals surface area contributed by atoms with Gasteiger partial charge in [-0.3, -0.25) is 4.79 Å². The number of hydrogen-bond donors (Lipinski definition) is 2. The number of para-hydroxylation sites is 1. The van der Waals surface area contributed by atoms with Crippen molar-refractivity contribution in [3.8, 4) is 0 Å². The number of amides is 1.